The molecule has 2 rings (SSSR count). The molecule has 1 aromatic rings. The number of nitrogens with one attached hydrogen (secondary N) is 1. The Hall–Kier alpha value is -1.89. The zero-order valence-electron chi connectivity index (χ0n) is 13.5. The summed E-state index contributed by atoms with van der Waals surface area (Å²) < 4.78 is 5.23. The normalized spacial score (nSPS) is 16.1. The van der Waals surface area contributed by atoms with Gasteiger partial charge in [0.1, 0.15) is 5.60 Å². The van der Waals surface area contributed by atoms with Crippen molar-refractivity contribution < 1.29 is 14.3 Å². The molecule has 7 nitrogen and oxygen atoms in total. The standard InChI is InChI=1S/C15H21ClN4O3/c1-15(2,3)23-14(22)17-10-6-8-20(9-7-10)13(21)11-4-5-12(16)19-18-11/h4-5,10H,6-9H2,1-3H3,(H,17,22). The average molecular weight is 341 g/mol. The van der Waals surface area contributed by atoms with Crippen LogP contribution < -0.4 is 5.32 Å². The van der Waals surface area contributed by atoms with Crippen LogP contribution >= 0.6 is 11.6 Å². The van der Waals surface area contributed by atoms with Gasteiger partial charge in [0.05, 0.1) is 0 Å². The maximum absolute atomic E-state index is 12.3. The van der Waals surface area contributed by atoms with E-state index in [1.54, 1.807) is 17.0 Å². The van der Waals surface area contributed by atoms with Gasteiger partial charge in [0.2, 0.25) is 0 Å². The molecule has 126 valence electrons. The van der Waals surface area contributed by atoms with E-state index < -0.39 is 11.7 Å². The molecule has 0 saturated carbocycles. The van der Waals surface area contributed by atoms with E-state index in [4.69, 9.17) is 16.3 Å². The molecule has 2 heterocycles. The summed E-state index contributed by atoms with van der Waals surface area (Å²) in [5, 5.41) is 10.6. The summed E-state index contributed by atoms with van der Waals surface area (Å²) in [4.78, 5) is 25.7. The molecule has 23 heavy (non-hydrogen) atoms. The van der Waals surface area contributed by atoms with Crippen LogP contribution in [0.4, 0.5) is 4.79 Å². The van der Waals surface area contributed by atoms with Crippen molar-refractivity contribution in [2.75, 3.05) is 13.1 Å². The first-order chi connectivity index (χ1) is 10.7. The van der Waals surface area contributed by atoms with Crippen LogP contribution in [0.15, 0.2) is 12.1 Å². The highest BCUT2D eigenvalue weighted by atomic mass is 35.5. The molecule has 1 saturated heterocycles. The van der Waals surface area contributed by atoms with Crippen LogP contribution in [0.1, 0.15) is 44.1 Å². The lowest BCUT2D eigenvalue weighted by molar-refractivity contribution is 0.0473. The number of likely N-dealkylation sites (tertiary alicyclic amines) is 1. The fourth-order valence-electron chi connectivity index (χ4n) is 2.29. The van der Waals surface area contributed by atoms with Crippen molar-refractivity contribution in [1.82, 2.24) is 20.4 Å². The van der Waals surface area contributed by atoms with E-state index in [2.05, 4.69) is 15.5 Å². The monoisotopic (exact) mass is 340 g/mol. The molecule has 0 unspecified atom stereocenters. The van der Waals surface area contributed by atoms with Gasteiger partial charge in [-0.05, 0) is 45.7 Å². The molecule has 8 heteroatoms. The molecule has 1 aliphatic rings. The lowest BCUT2D eigenvalue weighted by Crippen LogP contribution is -2.47. The van der Waals surface area contributed by atoms with Crippen molar-refractivity contribution >= 4 is 23.6 Å². The van der Waals surface area contributed by atoms with E-state index in [9.17, 15) is 9.59 Å². The number of nitrogens with zero attached hydrogens (tertiary/aromatic N) is 3. The fourth-order valence-corrected chi connectivity index (χ4v) is 2.39. The topological polar surface area (TPSA) is 84.4 Å². The smallest absolute Gasteiger partial charge is 0.407 e. The Balaban J connectivity index is 1.83. The zero-order valence-corrected chi connectivity index (χ0v) is 14.3. The Morgan fingerprint density at radius 1 is 1.26 bits per heavy atom. The summed E-state index contributed by atoms with van der Waals surface area (Å²) in [7, 11) is 0. The molecule has 1 aliphatic heterocycles. The van der Waals surface area contributed by atoms with Gasteiger partial charge >= 0.3 is 6.09 Å². The summed E-state index contributed by atoms with van der Waals surface area (Å²) in [6.07, 6.45) is 0.920. The van der Waals surface area contributed by atoms with E-state index in [-0.39, 0.29) is 22.8 Å². The van der Waals surface area contributed by atoms with Crippen molar-refractivity contribution in [3.63, 3.8) is 0 Å². The Morgan fingerprint density at radius 2 is 1.91 bits per heavy atom. The number of alkyl carbamates (subject to hydrolysis) is 1. The van der Waals surface area contributed by atoms with E-state index >= 15 is 0 Å². The molecule has 1 N–H and O–H groups in total. The molecule has 0 spiro atoms. The maximum Gasteiger partial charge on any atom is 0.407 e. The lowest BCUT2D eigenvalue weighted by Gasteiger charge is -2.32. The third-order valence-corrected chi connectivity index (χ3v) is 3.56. The number of aromatic nitrogens is 2. The summed E-state index contributed by atoms with van der Waals surface area (Å²) >= 11 is 5.66. The number of piperidine rings is 1. The molecule has 1 aromatic heterocycles. The van der Waals surface area contributed by atoms with E-state index in [0.29, 0.717) is 25.9 Å². The quantitative estimate of drug-likeness (QED) is 0.892. The van der Waals surface area contributed by atoms with Crippen LogP contribution in [0, 0.1) is 0 Å². The minimum atomic E-state index is -0.520. The first kappa shape index (κ1) is 17.5. The molecule has 0 aliphatic carbocycles. The molecule has 1 fully saturated rings. The number of carbonyl (C=O) groups excluding carboxylic acids is 2. The highest BCUT2D eigenvalue weighted by Crippen LogP contribution is 2.15. The van der Waals surface area contributed by atoms with Gasteiger partial charge in [-0.1, -0.05) is 11.6 Å². The predicted molar refractivity (Wildman–Crippen MR) is 85.3 cm³/mol. The van der Waals surface area contributed by atoms with E-state index in [1.165, 1.54) is 0 Å². The second-order valence-corrected chi connectivity index (χ2v) is 6.84. The molecular formula is C15H21ClN4O3. The highest BCUT2D eigenvalue weighted by Gasteiger charge is 2.26. The summed E-state index contributed by atoms with van der Waals surface area (Å²) in [6.45, 7) is 6.55. The van der Waals surface area contributed by atoms with Gasteiger partial charge in [-0.25, -0.2) is 4.79 Å². The second-order valence-electron chi connectivity index (χ2n) is 6.45. The number of amides is 2. The number of hydrogen-bond acceptors (Lipinski definition) is 5. The summed E-state index contributed by atoms with van der Waals surface area (Å²) in [6, 6.07) is 3.10. The average Bonchev–Trinajstić information content (AvgIpc) is 2.46. The number of ether oxygens (including phenoxy) is 1. The largest absolute Gasteiger partial charge is 0.444 e. The van der Waals surface area contributed by atoms with Crippen molar-refractivity contribution in [2.45, 2.75) is 45.3 Å². The SMILES string of the molecule is CC(C)(C)OC(=O)NC1CCN(C(=O)c2ccc(Cl)nn2)CC1. The van der Waals surface area contributed by atoms with Crippen LogP contribution in [-0.4, -0.2) is 51.8 Å². The molecule has 0 atom stereocenters. The van der Waals surface area contributed by atoms with Crippen LogP contribution in [0.5, 0.6) is 0 Å². The Morgan fingerprint density at radius 3 is 2.43 bits per heavy atom. The Labute approximate surface area is 140 Å². The third-order valence-electron chi connectivity index (χ3n) is 3.35. The van der Waals surface area contributed by atoms with Crippen molar-refractivity contribution in [2.24, 2.45) is 0 Å². The predicted octanol–water partition coefficient (Wildman–Crippen LogP) is 2.26. The van der Waals surface area contributed by atoms with E-state index in [0.717, 1.165) is 0 Å². The number of rotatable bonds is 2. The van der Waals surface area contributed by atoms with Gasteiger partial charge in [0, 0.05) is 19.1 Å². The highest BCUT2D eigenvalue weighted by molar-refractivity contribution is 6.29. The molecule has 0 bridgehead atoms. The number of hydrogen-bond donors (Lipinski definition) is 1. The van der Waals surface area contributed by atoms with Crippen LogP contribution in [-0.2, 0) is 4.74 Å². The lowest BCUT2D eigenvalue weighted by atomic mass is 10.0. The van der Waals surface area contributed by atoms with Crippen molar-refractivity contribution in [1.29, 1.82) is 0 Å². The van der Waals surface area contributed by atoms with Gasteiger partial charge in [-0.2, -0.15) is 0 Å². The molecule has 0 radical (unpaired) electrons. The van der Waals surface area contributed by atoms with Crippen LogP contribution in [0.3, 0.4) is 0 Å². The van der Waals surface area contributed by atoms with Gasteiger partial charge < -0.3 is 15.0 Å². The second kappa shape index (κ2) is 7.12. The minimum Gasteiger partial charge on any atom is -0.444 e. The van der Waals surface area contributed by atoms with Crippen molar-refractivity contribution in [3.05, 3.63) is 23.0 Å². The number of halogens is 1. The number of carbonyl (C=O) groups is 2. The van der Waals surface area contributed by atoms with Crippen LogP contribution in [0.2, 0.25) is 5.15 Å². The minimum absolute atomic E-state index is 0.00482. The molecule has 0 aromatic carbocycles. The molecule has 2 amide bonds. The summed E-state index contributed by atoms with van der Waals surface area (Å²) in [5.41, 5.74) is -0.249. The van der Waals surface area contributed by atoms with Gasteiger partial charge in [0.15, 0.2) is 10.8 Å². The fraction of sp³-hybridized carbons (Fsp3) is 0.600. The van der Waals surface area contributed by atoms with E-state index in [1.807, 2.05) is 20.8 Å². The first-order valence-corrected chi connectivity index (χ1v) is 7.90. The van der Waals surface area contributed by atoms with Crippen LogP contribution in [0.25, 0.3) is 0 Å². The maximum atomic E-state index is 12.3. The summed E-state index contributed by atoms with van der Waals surface area (Å²) in [5.74, 6) is -0.176. The Kier molecular flexibility index (Phi) is 5.41. The van der Waals surface area contributed by atoms with Gasteiger partial charge in [0.25, 0.3) is 5.91 Å². The van der Waals surface area contributed by atoms with Gasteiger partial charge in [-0.15, -0.1) is 10.2 Å². The Bertz CT molecular complexity index is 563. The first-order valence-electron chi connectivity index (χ1n) is 7.52. The third kappa shape index (κ3) is 5.35. The molecular weight excluding hydrogens is 320 g/mol. The van der Waals surface area contributed by atoms with Gasteiger partial charge in [-0.3, -0.25) is 4.79 Å². The van der Waals surface area contributed by atoms with Crippen molar-refractivity contribution in [3.8, 4) is 0 Å². The zero-order chi connectivity index (χ0) is 17.0.